The zero-order chi connectivity index (χ0) is 21.0. The summed E-state index contributed by atoms with van der Waals surface area (Å²) in [5.74, 6) is -0.259. The first kappa shape index (κ1) is 24.2. The molecule has 0 spiro atoms. The van der Waals surface area contributed by atoms with Gasteiger partial charge in [-0.3, -0.25) is 4.79 Å². The number of hydrogen-bond donors (Lipinski definition) is 1. The Morgan fingerprint density at radius 2 is 1.78 bits per heavy atom. The van der Waals surface area contributed by atoms with Crippen molar-refractivity contribution in [3.8, 4) is 0 Å². The van der Waals surface area contributed by atoms with E-state index < -0.39 is 13.9 Å². The van der Waals surface area contributed by atoms with Gasteiger partial charge in [0.2, 0.25) is 5.91 Å². The monoisotopic (exact) mass is 420 g/mol. The van der Waals surface area contributed by atoms with E-state index in [1.54, 1.807) is 4.90 Å². The van der Waals surface area contributed by atoms with Crippen LogP contribution >= 0.6 is 11.6 Å². The Bertz CT molecular complexity index is 529. The van der Waals surface area contributed by atoms with Crippen LogP contribution in [0, 0.1) is 0 Å². The standard InChI is InChI=1S/C19H37ClN2O4Si/c1-18(2,3)25-17(24)22-13-15(26-27(7,8)19(4,5)6)11-14(22)9-10-21-16(23)12-20/h14-15H,9-13H2,1-8H3,(H,21,23)/t14-,15?/m0/s1. The SMILES string of the molecule is CC(C)(C)OC(=O)N1CC(O[Si](C)(C)C(C)(C)C)C[C@@H]1CCNC(=O)CCl. The molecule has 8 heteroatoms. The van der Waals surface area contributed by atoms with Crippen molar-refractivity contribution in [3.05, 3.63) is 0 Å². The van der Waals surface area contributed by atoms with E-state index in [1.807, 2.05) is 20.8 Å². The average molecular weight is 421 g/mol. The van der Waals surface area contributed by atoms with Gasteiger partial charge in [0.15, 0.2) is 8.32 Å². The molecule has 1 heterocycles. The zero-order valence-electron chi connectivity index (χ0n) is 18.1. The summed E-state index contributed by atoms with van der Waals surface area (Å²) in [5, 5.41) is 2.88. The van der Waals surface area contributed by atoms with Gasteiger partial charge in [0.05, 0.1) is 6.10 Å². The minimum atomic E-state index is -1.93. The molecule has 0 aromatic carbocycles. The molecule has 0 aliphatic carbocycles. The fourth-order valence-electron chi connectivity index (χ4n) is 2.80. The van der Waals surface area contributed by atoms with Gasteiger partial charge >= 0.3 is 6.09 Å². The summed E-state index contributed by atoms with van der Waals surface area (Å²) in [5.41, 5.74) is -0.549. The predicted octanol–water partition coefficient (Wildman–Crippen LogP) is 4.13. The predicted molar refractivity (Wildman–Crippen MR) is 112 cm³/mol. The molecule has 1 aliphatic heterocycles. The highest BCUT2D eigenvalue weighted by atomic mass is 35.5. The summed E-state index contributed by atoms with van der Waals surface area (Å²) >= 11 is 5.53. The third kappa shape index (κ3) is 7.62. The molecule has 1 fully saturated rings. The average Bonchev–Trinajstić information content (AvgIpc) is 2.86. The molecule has 27 heavy (non-hydrogen) atoms. The van der Waals surface area contributed by atoms with Crippen LogP contribution in [0.5, 0.6) is 0 Å². The van der Waals surface area contributed by atoms with Crippen LogP contribution in [0.4, 0.5) is 4.79 Å². The number of likely N-dealkylation sites (tertiary alicyclic amines) is 1. The summed E-state index contributed by atoms with van der Waals surface area (Å²) in [6.07, 6.45) is 1.08. The smallest absolute Gasteiger partial charge is 0.410 e. The van der Waals surface area contributed by atoms with Gasteiger partial charge < -0.3 is 19.4 Å². The maximum atomic E-state index is 12.7. The number of rotatable bonds is 6. The second-order valence-electron chi connectivity index (χ2n) is 9.79. The van der Waals surface area contributed by atoms with E-state index >= 15 is 0 Å². The van der Waals surface area contributed by atoms with Crippen molar-refractivity contribution in [2.75, 3.05) is 19.0 Å². The highest BCUT2D eigenvalue weighted by molar-refractivity contribution is 6.74. The molecule has 1 saturated heterocycles. The van der Waals surface area contributed by atoms with Crippen molar-refractivity contribution < 1.29 is 18.8 Å². The molecule has 1 aliphatic rings. The van der Waals surface area contributed by atoms with E-state index in [4.69, 9.17) is 20.8 Å². The highest BCUT2D eigenvalue weighted by Gasteiger charge is 2.44. The Hall–Kier alpha value is -0.793. The van der Waals surface area contributed by atoms with Crippen molar-refractivity contribution in [1.29, 1.82) is 0 Å². The van der Waals surface area contributed by atoms with Gasteiger partial charge in [-0.25, -0.2) is 4.79 Å². The van der Waals surface area contributed by atoms with E-state index in [0.717, 1.165) is 6.42 Å². The Balaban J connectivity index is 2.82. The van der Waals surface area contributed by atoms with Crippen LogP contribution < -0.4 is 5.32 Å². The molecular weight excluding hydrogens is 384 g/mol. The maximum absolute atomic E-state index is 12.7. The Labute approximate surface area is 170 Å². The number of carbonyl (C=O) groups is 2. The minimum Gasteiger partial charge on any atom is -0.444 e. The van der Waals surface area contributed by atoms with Crippen LogP contribution in [0.25, 0.3) is 0 Å². The largest absolute Gasteiger partial charge is 0.444 e. The zero-order valence-corrected chi connectivity index (χ0v) is 19.9. The van der Waals surface area contributed by atoms with Crippen LogP contribution in [0.2, 0.25) is 18.1 Å². The highest BCUT2D eigenvalue weighted by Crippen LogP contribution is 2.39. The van der Waals surface area contributed by atoms with Gasteiger partial charge in [-0.05, 0) is 51.7 Å². The molecule has 0 bridgehead atoms. The van der Waals surface area contributed by atoms with E-state index in [-0.39, 0.29) is 35.1 Å². The van der Waals surface area contributed by atoms with Crippen molar-refractivity contribution in [2.45, 2.75) is 90.3 Å². The first-order valence-corrected chi connectivity index (χ1v) is 13.1. The number of carbonyl (C=O) groups excluding carboxylic acids is 2. The van der Waals surface area contributed by atoms with Gasteiger partial charge in [0, 0.05) is 19.1 Å². The summed E-state index contributed by atoms with van der Waals surface area (Å²) in [6.45, 7) is 17.6. The fraction of sp³-hybridized carbons (Fsp3) is 0.895. The van der Waals surface area contributed by atoms with E-state index in [1.165, 1.54) is 0 Å². The molecule has 1 unspecified atom stereocenters. The molecule has 0 radical (unpaired) electrons. The molecule has 1 N–H and O–H groups in total. The lowest BCUT2D eigenvalue weighted by Gasteiger charge is -2.38. The Kier molecular flexibility index (Phi) is 8.20. The first-order chi connectivity index (χ1) is 12.2. The third-order valence-corrected chi connectivity index (χ3v) is 9.97. The van der Waals surface area contributed by atoms with Crippen LogP contribution in [-0.4, -0.2) is 61.9 Å². The van der Waals surface area contributed by atoms with Crippen LogP contribution in [0.1, 0.15) is 54.4 Å². The van der Waals surface area contributed by atoms with Gasteiger partial charge in [0.25, 0.3) is 0 Å². The topological polar surface area (TPSA) is 67.9 Å². The van der Waals surface area contributed by atoms with E-state index in [0.29, 0.717) is 19.5 Å². The lowest BCUT2D eigenvalue weighted by atomic mass is 10.1. The van der Waals surface area contributed by atoms with Crippen molar-refractivity contribution in [3.63, 3.8) is 0 Å². The quantitative estimate of drug-likeness (QED) is 0.518. The molecule has 158 valence electrons. The van der Waals surface area contributed by atoms with Gasteiger partial charge in [0.1, 0.15) is 11.5 Å². The fourth-order valence-corrected chi connectivity index (χ4v) is 4.25. The summed E-state index contributed by atoms with van der Waals surface area (Å²) in [6, 6.07) is -0.0229. The molecule has 6 nitrogen and oxygen atoms in total. The minimum absolute atomic E-state index is 0.00728. The number of nitrogens with one attached hydrogen (secondary N) is 1. The van der Waals surface area contributed by atoms with Crippen LogP contribution in [-0.2, 0) is 14.0 Å². The lowest BCUT2D eigenvalue weighted by molar-refractivity contribution is -0.118. The Morgan fingerprint density at radius 3 is 2.26 bits per heavy atom. The number of hydrogen-bond acceptors (Lipinski definition) is 4. The number of halogens is 1. The second kappa shape index (κ2) is 9.14. The normalized spacial score (nSPS) is 21.3. The molecule has 2 atom stereocenters. The number of alkyl halides is 1. The van der Waals surface area contributed by atoms with Crippen LogP contribution in [0.3, 0.4) is 0 Å². The third-order valence-electron chi connectivity index (χ3n) is 5.19. The van der Waals surface area contributed by atoms with E-state index in [2.05, 4.69) is 39.2 Å². The summed E-state index contributed by atoms with van der Waals surface area (Å²) < 4.78 is 12.1. The second-order valence-corrected chi connectivity index (χ2v) is 14.8. The van der Waals surface area contributed by atoms with Crippen molar-refractivity contribution in [2.24, 2.45) is 0 Å². The number of amides is 2. The molecular formula is C19H37ClN2O4Si. The van der Waals surface area contributed by atoms with Crippen molar-refractivity contribution in [1.82, 2.24) is 10.2 Å². The van der Waals surface area contributed by atoms with Gasteiger partial charge in [-0.15, -0.1) is 11.6 Å². The number of ether oxygens (including phenoxy) is 1. The van der Waals surface area contributed by atoms with Crippen LogP contribution in [0.15, 0.2) is 0 Å². The number of nitrogens with zero attached hydrogens (tertiary/aromatic N) is 1. The molecule has 2 amide bonds. The van der Waals surface area contributed by atoms with Gasteiger partial charge in [-0.1, -0.05) is 20.8 Å². The van der Waals surface area contributed by atoms with Gasteiger partial charge in [-0.2, -0.15) is 0 Å². The Morgan fingerprint density at radius 1 is 1.19 bits per heavy atom. The first-order valence-electron chi connectivity index (χ1n) is 9.66. The van der Waals surface area contributed by atoms with Crippen molar-refractivity contribution >= 4 is 31.9 Å². The molecule has 0 aromatic rings. The van der Waals surface area contributed by atoms with E-state index in [9.17, 15) is 9.59 Å². The lowest BCUT2D eigenvalue weighted by Crippen LogP contribution is -2.45. The summed E-state index contributed by atoms with van der Waals surface area (Å²) in [4.78, 5) is 25.8. The summed E-state index contributed by atoms with van der Waals surface area (Å²) in [7, 11) is -1.93. The molecule has 0 saturated carbocycles. The maximum Gasteiger partial charge on any atom is 0.410 e. The molecule has 0 aromatic heterocycles. The molecule has 1 rings (SSSR count).